The summed E-state index contributed by atoms with van der Waals surface area (Å²) in [4.78, 5) is 48.4. The number of carboxylic acid groups (broad SMARTS) is 1. The summed E-state index contributed by atoms with van der Waals surface area (Å²) in [6.07, 6.45) is -4.68. The Labute approximate surface area is 186 Å². The van der Waals surface area contributed by atoms with Crippen LogP contribution in [-0.2, 0) is 27.1 Å². The highest BCUT2D eigenvalue weighted by Gasteiger charge is 2.33. The van der Waals surface area contributed by atoms with Crippen LogP contribution in [0, 0.1) is 5.92 Å². The van der Waals surface area contributed by atoms with E-state index in [4.69, 9.17) is 5.11 Å². The number of benzene rings is 1. The van der Waals surface area contributed by atoms with E-state index in [-0.39, 0.29) is 17.5 Å². The minimum atomic E-state index is -4.64. The molecular formula is C22H22F4N2O5. The number of nitrogens with zero attached hydrogens (tertiary/aromatic N) is 2. The zero-order chi connectivity index (χ0) is 24.8. The molecule has 0 spiro atoms. The Balaban J connectivity index is 2.37. The molecule has 2 unspecified atom stereocenters. The van der Waals surface area contributed by atoms with E-state index >= 15 is 0 Å². The SMILES string of the molecule is CCC(C(=O)CC(CC(=O)O)C(=O)CF)c1ccnn(Cc2ccccc2C(F)(F)F)c1=O. The van der Waals surface area contributed by atoms with E-state index in [9.17, 15) is 36.7 Å². The first-order valence-corrected chi connectivity index (χ1v) is 10.0. The van der Waals surface area contributed by atoms with Crippen LogP contribution in [0.15, 0.2) is 41.3 Å². The molecule has 2 aromatic rings. The van der Waals surface area contributed by atoms with Gasteiger partial charge in [-0.1, -0.05) is 25.1 Å². The molecule has 0 fully saturated rings. The number of alkyl halides is 4. The van der Waals surface area contributed by atoms with E-state index in [0.717, 1.165) is 10.7 Å². The average molecular weight is 470 g/mol. The van der Waals surface area contributed by atoms with Gasteiger partial charge in [0.15, 0.2) is 5.78 Å². The second-order valence-electron chi connectivity index (χ2n) is 7.43. The normalized spacial score (nSPS) is 13.4. The first-order chi connectivity index (χ1) is 15.5. The van der Waals surface area contributed by atoms with E-state index in [1.807, 2.05) is 0 Å². The quantitative estimate of drug-likeness (QED) is 0.505. The number of carbonyl (C=O) groups is 3. The molecule has 0 radical (unpaired) electrons. The number of hydrogen-bond donors (Lipinski definition) is 1. The highest BCUT2D eigenvalue weighted by molar-refractivity contribution is 5.93. The second kappa shape index (κ2) is 11.0. The van der Waals surface area contributed by atoms with Gasteiger partial charge in [-0.25, -0.2) is 9.07 Å². The van der Waals surface area contributed by atoms with Crippen LogP contribution in [0.5, 0.6) is 0 Å². The van der Waals surface area contributed by atoms with Gasteiger partial charge in [0, 0.05) is 30.0 Å². The third kappa shape index (κ3) is 6.56. The van der Waals surface area contributed by atoms with Gasteiger partial charge < -0.3 is 5.11 Å². The Morgan fingerprint density at radius 2 is 1.76 bits per heavy atom. The summed E-state index contributed by atoms with van der Waals surface area (Å²) >= 11 is 0. The topological polar surface area (TPSA) is 106 Å². The lowest BCUT2D eigenvalue weighted by atomic mass is 9.85. The van der Waals surface area contributed by atoms with Gasteiger partial charge in [-0.05, 0) is 24.1 Å². The van der Waals surface area contributed by atoms with Crippen molar-refractivity contribution in [1.82, 2.24) is 9.78 Å². The van der Waals surface area contributed by atoms with Crippen molar-refractivity contribution in [2.75, 3.05) is 6.67 Å². The van der Waals surface area contributed by atoms with Crippen LogP contribution in [0.2, 0.25) is 0 Å². The van der Waals surface area contributed by atoms with Crippen molar-refractivity contribution in [3.05, 3.63) is 63.6 Å². The van der Waals surface area contributed by atoms with Gasteiger partial charge in [0.05, 0.1) is 18.5 Å². The Kier molecular flexibility index (Phi) is 8.61. The predicted molar refractivity (Wildman–Crippen MR) is 108 cm³/mol. The number of Topliss-reactive ketones (excluding diaryl/α,β-unsaturated/α-hetero) is 2. The molecule has 0 aliphatic rings. The fourth-order valence-corrected chi connectivity index (χ4v) is 3.57. The number of carbonyl (C=O) groups excluding carboxylic acids is 2. The molecule has 2 atom stereocenters. The first-order valence-electron chi connectivity index (χ1n) is 10.0. The van der Waals surface area contributed by atoms with Crippen LogP contribution in [0.25, 0.3) is 0 Å². The van der Waals surface area contributed by atoms with Gasteiger partial charge in [-0.3, -0.25) is 19.2 Å². The minimum absolute atomic E-state index is 0.0521. The zero-order valence-corrected chi connectivity index (χ0v) is 17.6. The highest BCUT2D eigenvalue weighted by Crippen LogP contribution is 2.32. The largest absolute Gasteiger partial charge is 0.481 e. The third-order valence-corrected chi connectivity index (χ3v) is 5.21. The molecule has 0 amide bonds. The second-order valence-corrected chi connectivity index (χ2v) is 7.43. The van der Waals surface area contributed by atoms with Gasteiger partial charge >= 0.3 is 12.1 Å². The Bertz CT molecular complexity index is 1080. The van der Waals surface area contributed by atoms with Gasteiger partial charge in [-0.2, -0.15) is 18.3 Å². The standard InChI is InChI=1S/C22H22F4N2O5/c1-2-15(18(29)9-14(10-20(31)32)19(30)11-23)16-7-8-27-28(21(16)33)12-13-5-3-4-6-17(13)22(24,25)26/h3-8,14-15H,2,9-12H2,1H3,(H,31,32). The molecule has 0 aliphatic carbocycles. The first kappa shape index (κ1) is 25.9. The Morgan fingerprint density at radius 1 is 1.09 bits per heavy atom. The summed E-state index contributed by atoms with van der Waals surface area (Å²) < 4.78 is 53.4. The van der Waals surface area contributed by atoms with Gasteiger partial charge in [0.1, 0.15) is 12.5 Å². The van der Waals surface area contributed by atoms with Crippen molar-refractivity contribution < 1.29 is 37.1 Å². The van der Waals surface area contributed by atoms with E-state index < -0.39 is 72.7 Å². The van der Waals surface area contributed by atoms with Crippen molar-refractivity contribution >= 4 is 17.5 Å². The summed E-state index contributed by atoms with van der Waals surface area (Å²) in [5.74, 6) is -5.49. The molecule has 7 nitrogen and oxygen atoms in total. The van der Waals surface area contributed by atoms with Crippen LogP contribution in [-0.4, -0.2) is 39.1 Å². The molecule has 11 heteroatoms. The molecule has 0 aliphatic heterocycles. The Hall–Kier alpha value is -3.37. The number of aliphatic carboxylic acids is 1. The molecule has 1 aromatic carbocycles. The van der Waals surface area contributed by atoms with Crippen molar-refractivity contribution in [2.45, 2.75) is 44.8 Å². The van der Waals surface area contributed by atoms with E-state index in [0.29, 0.717) is 0 Å². The fraction of sp³-hybridized carbons (Fsp3) is 0.409. The molecule has 178 valence electrons. The van der Waals surface area contributed by atoms with Crippen LogP contribution < -0.4 is 5.56 Å². The molecule has 33 heavy (non-hydrogen) atoms. The molecular weight excluding hydrogens is 448 g/mol. The van der Waals surface area contributed by atoms with Crippen LogP contribution in [0.1, 0.15) is 48.8 Å². The van der Waals surface area contributed by atoms with Crippen molar-refractivity contribution in [3.63, 3.8) is 0 Å². The summed E-state index contributed by atoms with van der Waals surface area (Å²) in [6, 6.07) is 5.96. The average Bonchev–Trinajstić information content (AvgIpc) is 2.75. The molecule has 0 bridgehead atoms. The van der Waals surface area contributed by atoms with Crippen molar-refractivity contribution in [1.29, 1.82) is 0 Å². The maximum atomic E-state index is 13.3. The smallest absolute Gasteiger partial charge is 0.416 e. The summed E-state index contributed by atoms with van der Waals surface area (Å²) in [5, 5.41) is 12.7. The van der Waals surface area contributed by atoms with Gasteiger partial charge in [0.25, 0.3) is 5.56 Å². The maximum Gasteiger partial charge on any atom is 0.416 e. The monoisotopic (exact) mass is 470 g/mol. The lowest BCUT2D eigenvalue weighted by molar-refractivity contribution is -0.141. The molecule has 1 N–H and O–H groups in total. The molecule has 0 saturated carbocycles. The lowest BCUT2D eigenvalue weighted by Crippen LogP contribution is -2.32. The van der Waals surface area contributed by atoms with Crippen LogP contribution in [0.3, 0.4) is 0 Å². The minimum Gasteiger partial charge on any atom is -0.481 e. The van der Waals surface area contributed by atoms with E-state index in [1.165, 1.54) is 30.5 Å². The number of aromatic nitrogens is 2. The number of ketones is 2. The third-order valence-electron chi connectivity index (χ3n) is 5.21. The number of hydrogen-bond acceptors (Lipinski definition) is 5. The van der Waals surface area contributed by atoms with Crippen molar-refractivity contribution in [2.24, 2.45) is 5.92 Å². The molecule has 1 aromatic heterocycles. The van der Waals surface area contributed by atoms with Gasteiger partial charge in [-0.15, -0.1) is 0 Å². The number of carboxylic acids is 1. The van der Waals surface area contributed by atoms with Crippen LogP contribution in [0.4, 0.5) is 17.6 Å². The van der Waals surface area contributed by atoms with E-state index in [1.54, 1.807) is 6.92 Å². The fourth-order valence-electron chi connectivity index (χ4n) is 3.57. The van der Waals surface area contributed by atoms with Crippen molar-refractivity contribution in [3.8, 4) is 0 Å². The highest BCUT2D eigenvalue weighted by atomic mass is 19.4. The maximum absolute atomic E-state index is 13.3. The Morgan fingerprint density at radius 3 is 2.33 bits per heavy atom. The number of rotatable bonds is 11. The summed E-state index contributed by atoms with van der Waals surface area (Å²) in [6.45, 7) is -0.341. The predicted octanol–water partition coefficient (Wildman–Crippen LogP) is 3.39. The number of halogens is 4. The summed E-state index contributed by atoms with van der Waals surface area (Å²) in [5.41, 5.74) is -1.95. The molecule has 0 saturated heterocycles. The van der Waals surface area contributed by atoms with Gasteiger partial charge in [0.2, 0.25) is 0 Å². The van der Waals surface area contributed by atoms with E-state index in [2.05, 4.69) is 5.10 Å². The molecule has 2 rings (SSSR count). The lowest BCUT2D eigenvalue weighted by Gasteiger charge is -2.18. The summed E-state index contributed by atoms with van der Waals surface area (Å²) in [7, 11) is 0. The zero-order valence-electron chi connectivity index (χ0n) is 17.6. The molecule has 1 heterocycles. The van der Waals surface area contributed by atoms with Crippen LogP contribution >= 0.6 is 0 Å².